The minimum absolute atomic E-state index is 0. The molecule has 1 atom stereocenters. The van der Waals surface area contributed by atoms with Crippen LogP contribution in [-0.4, -0.2) is 80.9 Å². The molecule has 1 saturated heterocycles. The van der Waals surface area contributed by atoms with E-state index in [1.54, 1.807) is 11.8 Å². The number of tetrazole rings is 1. The second kappa shape index (κ2) is 13.9. The number of unbranched alkanes of at least 4 members (excludes halogenated alkanes) is 1. The Hall–Kier alpha value is -3.27. The number of carboxylic acids is 1. The molecule has 9 nitrogen and oxygen atoms in total. The molecule has 3 aromatic rings. The van der Waals surface area contributed by atoms with Crippen molar-refractivity contribution in [3.05, 3.63) is 72.3 Å². The molecule has 2 aromatic carbocycles. The minimum Gasteiger partial charge on any atom is -0.497 e. The van der Waals surface area contributed by atoms with Crippen molar-refractivity contribution >= 4 is 18.4 Å². The number of hydrogen-bond donors (Lipinski definition) is 1. The summed E-state index contributed by atoms with van der Waals surface area (Å²) in [6.45, 7) is 9.31. The van der Waals surface area contributed by atoms with Crippen molar-refractivity contribution in [3.63, 3.8) is 0 Å². The Balaban J connectivity index is 0.00000380. The second-order valence-corrected chi connectivity index (χ2v) is 9.00. The molecule has 0 amide bonds. The van der Waals surface area contributed by atoms with Crippen LogP contribution in [0.4, 0.5) is 0 Å². The van der Waals surface area contributed by atoms with Crippen molar-refractivity contribution < 1.29 is 14.6 Å². The third-order valence-electron chi connectivity index (χ3n) is 6.60. The van der Waals surface area contributed by atoms with Crippen molar-refractivity contribution in [2.24, 2.45) is 0 Å². The Morgan fingerprint density at radius 1 is 1.11 bits per heavy atom. The predicted octanol–water partition coefficient (Wildman–Crippen LogP) is 3.92. The molecule has 0 spiro atoms. The van der Waals surface area contributed by atoms with Crippen molar-refractivity contribution in [1.82, 2.24) is 30.0 Å². The molecule has 0 saturated carbocycles. The van der Waals surface area contributed by atoms with Crippen LogP contribution in [0.25, 0.3) is 11.4 Å². The molecular formula is C27H35ClN6O3. The summed E-state index contributed by atoms with van der Waals surface area (Å²) in [6, 6.07) is 16.8. The van der Waals surface area contributed by atoms with Gasteiger partial charge in [-0.2, -0.15) is 0 Å². The van der Waals surface area contributed by atoms with Gasteiger partial charge in [-0.25, -0.2) is 4.68 Å². The lowest BCUT2D eigenvalue weighted by molar-refractivity contribution is -0.137. The molecule has 1 aliphatic heterocycles. The summed E-state index contributed by atoms with van der Waals surface area (Å²) in [5.41, 5.74) is 3.33. The smallest absolute Gasteiger partial charge is 0.303 e. The Bertz CT molecular complexity index is 1150. The summed E-state index contributed by atoms with van der Waals surface area (Å²) in [7, 11) is 1.70. The number of aromatic nitrogens is 4. The number of carboxylic acid groups (broad SMARTS) is 1. The van der Waals surface area contributed by atoms with E-state index in [0.717, 1.165) is 44.0 Å². The van der Waals surface area contributed by atoms with E-state index in [0.29, 0.717) is 25.2 Å². The van der Waals surface area contributed by atoms with E-state index in [9.17, 15) is 4.79 Å². The van der Waals surface area contributed by atoms with E-state index in [1.807, 2.05) is 18.2 Å². The molecule has 1 fully saturated rings. The zero-order valence-corrected chi connectivity index (χ0v) is 22.0. The van der Waals surface area contributed by atoms with Crippen LogP contribution >= 0.6 is 12.4 Å². The molecular weight excluding hydrogens is 492 g/mol. The zero-order chi connectivity index (χ0) is 25.3. The van der Waals surface area contributed by atoms with Crippen LogP contribution in [0, 0.1) is 0 Å². The molecule has 0 radical (unpaired) electrons. The minimum atomic E-state index is -0.782. The first-order valence-corrected chi connectivity index (χ1v) is 12.4. The van der Waals surface area contributed by atoms with Gasteiger partial charge in [-0.05, 0) is 46.5 Å². The fourth-order valence-corrected chi connectivity index (χ4v) is 4.73. The first-order chi connectivity index (χ1) is 17.6. The molecule has 2 heterocycles. The number of halogens is 1. The van der Waals surface area contributed by atoms with Gasteiger partial charge in [0.2, 0.25) is 0 Å². The monoisotopic (exact) mass is 526 g/mol. The van der Waals surface area contributed by atoms with Crippen molar-refractivity contribution in [3.8, 4) is 17.1 Å². The van der Waals surface area contributed by atoms with Gasteiger partial charge >= 0.3 is 5.97 Å². The SMILES string of the molecule is C=CCN1CCN([C@H](c2ccc(-c3nnnn3CCCCC(=O)O)cc2)c2cccc(OC)c2)CC1.Cl. The molecule has 37 heavy (non-hydrogen) atoms. The quantitative estimate of drug-likeness (QED) is 0.280. The van der Waals surface area contributed by atoms with E-state index in [1.165, 1.54) is 11.1 Å². The third-order valence-corrected chi connectivity index (χ3v) is 6.60. The van der Waals surface area contributed by atoms with E-state index >= 15 is 0 Å². The molecule has 0 aliphatic carbocycles. The lowest BCUT2D eigenvalue weighted by Crippen LogP contribution is -2.47. The number of hydrogen-bond acceptors (Lipinski definition) is 7. The van der Waals surface area contributed by atoms with Gasteiger partial charge in [0, 0.05) is 51.3 Å². The number of aryl methyl sites for hydroxylation is 1. The Morgan fingerprint density at radius 2 is 1.86 bits per heavy atom. The summed E-state index contributed by atoms with van der Waals surface area (Å²) in [5.74, 6) is 0.754. The summed E-state index contributed by atoms with van der Waals surface area (Å²) in [4.78, 5) is 15.7. The molecule has 198 valence electrons. The van der Waals surface area contributed by atoms with Crippen LogP contribution < -0.4 is 4.74 Å². The standard InChI is InChI=1S/C27H34N6O3.ClH/c1-3-14-31-16-18-32(19-17-31)26(23-7-6-8-24(20-23)36-2)21-10-12-22(13-11-21)27-28-29-30-33(27)15-5-4-9-25(34)35;/h3,6-8,10-13,20,26H,1,4-5,9,14-19H2,2H3,(H,34,35);1H/t26-;/m1./s1. The van der Waals surface area contributed by atoms with Crippen molar-refractivity contribution in [2.75, 3.05) is 39.8 Å². The third kappa shape index (κ3) is 7.38. The number of aliphatic carboxylic acids is 1. The fraction of sp³-hybridized carbons (Fsp3) is 0.407. The Kier molecular flexibility index (Phi) is 10.6. The average molecular weight is 527 g/mol. The van der Waals surface area contributed by atoms with Crippen LogP contribution in [0.3, 0.4) is 0 Å². The Labute approximate surface area is 224 Å². The fourth-order valence-electron chi connectivity index (χ4n) is 4.73. The van der Waals surface area contributed by atoms with Gasteiger partial charge in [-0.3, -0.25) is 14.6 Å². The van der Waals surface area contributed by atoms with Gasteiger partial charge < -0.3 is 9.84 Å². The van der Waals surface area contributed by atoms with Crippen LogP contribution in [0.2, 0.25) is 0 Å². The lowest BCUT2D eigenvalue weighted by atomic mass is 9.95. The molecule has 10 heteroatoms. The highest BCUT2D eigenvalue weighted by Crippen LogP contribution is 2.32. The van der Waals surface area contributed by atoms with Gasteiger partial charge in [0.1, 0.15) is 5.75 Å². The highest BCUT2D eigenvalue weighted by atomic mass is 35.5. The molecule has 0 bridgehead atoms. The van der Waals surface area contributed by atoms with Crippen LogP contribution in [0.1, 0.15) is 36.4 Å². The van der Waals surface area contributed by atoms with Gasteiger partial charge in [0.15, 0.2) is 5.82 Å². The summed E-state index contributed by atoms with van der Waals surface area (Å²) in [5, 5.41) is 21.0. The normalized spacial score (nSPS) is 15.1. The summed E-state index contributed by atoms with van der Waals surface area (Å²) in [6.07, 6.45) is 3.42. The highest BCUT2D eigenvalue weighted by molar-refractivity contribution is 5.85. The van der Waals surface area contributed by atoms with Gasteiger partial charge in [-0.15, -0.1) is 24.1 Å². The van der Waals surface area contributed by atoms with E-state index in [4.69, 9.17) is 9.84 Å². The predicted molar refractivity (Wildman–Crippen MR) is 145 cm³/mol. The number of methoxy groups -OCH3 is 1. The van der Waals surface area contributed by atoms with Crippen molar-refractivity contribution in [2.45, 2.75) is 31.8 Å². The molecule has 1 aliphatic rings. The van der Waals surface area contributed by atoms with E-state index < -0.39 is 5.97 Å². The van der Waals surface area contributed by atoms with E-state index in [2.05, 4.69) is 68.3 Å². The summed E-state index contributed by atoms with van der Waals surface area (Å²) < 4.78 is 7.26. The van der Waals surface area contributed by atoms with E-state index in [-0.39, 0.29) is 24.9 Å². The maximum absolute atomic E-state index is 10.8. The maximum Gasteiger partial charge on any atom is 0.303 e. The van der Waals surface area contributed by atoms with Gasteiger partial charge in [-0.1, -0.05) is 42.5 Å². The number of benzene rings is 2. The second-order valence-electron chi connectivity index (χ2n) is 9.00. The summed E-state index contributed by atoms with van der Waals surface area (Å²) >= 11 is 0. The largest absolute Gasteiger partial charge is 0.497 e. The molecule has 4 rings (SSSR count). The number of piperazine rings is 1. The van der Waals surface area contributed by atoms with Crippen LogP contribution in [-0.2, 0) is 11.3 Å². The number of nitrogens with zero attached hydrogens (tertiary/aromatic N) is 6. The van der Waals surface area contributed by atoms with Crippen molar-refractivity contribution in [1.29, 1.82) is 0 Å². The average Bonchev–Trinajstić information content (AvgIpc) is 3.37. The molecule has 1 N–H and O–H groups in total. The first kappa shape index (κ1) is 28.3. The lowest BCUT2D eigenvalue weighted by Gasteiger charge is -2.39. The number of carbonyl (C=O) groups is 1. The highest BCUT2D eigenvalue weighted by Gasteiger charge is 2.26. The van der Waals surface area contributed by atoms with Crippen LogP contribution in [0.5, 0.6) is 5.75 Å². The molecule has 0 unspecified atom stereocenters. The maximum atomic E-state index is 10.8. The zero-order valence-electron chi connectivity index (χ0n) is 21.2. The number of rotatable bonds is 12. The number of ether oxygens (including phenoxy) is 1. The van der Waals surface area contributed by atoms with Gasteiger partial charge in [0.25, 0.3) is 0 Å². The Morgan fingerprint density at radius 3 is 2.54 bits per heavy atom. The van der Waals surface area contributed by atoms with Gasteiger partial charge in [0.05, 0.1) is 13.2 Å². The molecule has 1 aromatic heterocycles. The van der Waals surface area contributed by atoms with Crippen LogP contribution in [0.15, 0.2) is 61.2 Å². The first-order valence-electron chi connectivity index (χ1n) is 12.4. The topological polar surface area (TPSA) is 96.6 Å².